The minimum absolute atomic E-state index is 0. The first kappa shape index (κ1) is 30.2. The maximum absolute atomic E-state index is 13.7. The van der Waals surface area contributed by atoms with E-state index in [0.717, 1.165) is 46.4 Å². The Morgan fingerprint density at radius 1 is 1.05 bits per heavy atom. The number of carbonyl (C=O) groups excluding carboxylic acids is 1. The Hall–Kier alpha value is -2.76. The monoisotopic (exact) mass is 590 g/mol. The van der Waals surface area contributed by atoms with Crippen LogP contribution in [-0.4, -0.2) is 60.9 Å². The molecular weight excluding hydrogens is 565 g/mol. The zero-order valence-corrected chi connectivity index (χ0v) is 22.5. The average molecular weight is 591 g/mol. The quantitative estimate of drug-likeness (QED) is 0.298. The third-order valence-electron chi connectivity index (χ3n) is 6.15. The van der Waals surface area contributed by atoms with Crippen molar-refractivity contribution in [2.24, 2.45) is 0 Å². The first-order valence-electron chi connectivity index (χ1n) is 12.1. The summed E-state index contributed by atoms with van der Waals surface area (Å²) < 4.78 is 58.1. The summed E-state index contributed by atoms with van der Waals surface area (Å²) in [4.78, 5) is 16.5. The number of fused-ring (bicyclic) bond motifs is 3. The predicted octanol–water partition coefficient (Wildman–Crippen LogP) is 5.22. The Bertz CT molecular complexity index is 1710. The van der Waals surface area contributed by atoms with Gasteiger partial charge < -0.3 is 4.74 Å². The summed E-state index contributed by atoms with van der Waals surface area (Å²) in [5.74, 6) is -1.28. The second kappa shape index (κ2) is 12.8. The van der Waals surface area contributed by atoms with Gasteiger partial charge in [0.05, 0.1) is 22.7 Å². The van der Waals surface area contributed by atoms with E-state index in [1.807, 2.05) is 53.3 Å². The van der Waals surface area contributed by atoms with E-state index in [4.69, 9.17) is 4.74 Å². The van der Waals surface area contributed by atoms with Crippen LogP contribution in [0.15, 0.2) is 66.7 Å². The fraction of sp³-hybridized carbons (Fsp3) is 0.172. The molecule has 1 aromatic heterocycles. The average Bonchev–Trinajstić information content (AvgIpc) is 3.04. The Labute approximate surface area is 257 Å². The molecule has 1 aliphatic heterocycles. The van der Waals surface area contributed by atoms with Crippen LogP contribution in [0.2, 0.25) is 0 Å². The van der Waals surface area contributed by atoms with Gasteiger partial charge in [-0.3, -0.25) is 9.52 Å². The molecule has 0 radical (unpaired) electrons. The number of rotatable bonds is 7. The van der Waals surface area contributed by atoms with Crippen LogP contribution in [-0.2, 0) is 21.4 Å². The third-order valence-corrected chi connectivity index (χ3v) is 8.03. The van der Waals surface area contributed by atoms with E-state index < -0.39 is 27.6 Å². The number of benzene rings is 3. The molecule has 0 spiro atoms. The zero-order valence-electron chi connectivity index (χ0n) is 20.9. The van der Waals surface area contributed by atoms with Crippen molar-refractivity contribution in [2.45, 2.75) is 18.3 Å². The molecule has 1 N–H and O–H groups in total. The van der Waals surface area contributed by atoms with Gasteiger partial charge >= 0.3 is 29.6 Å². The van der Waals surface area contributed by atoms with Gasteiger partial charge in [0.2, 0.25) is 15.9 Å². The van der Waals surface area contributed by atoms with Crippen molar-refractivity contribution in [2.75, 3.05) is 12.0 Å². The Kier molecular flexibility index (Phi) is 9.68. The maximum atomic E-state index is 13.7. The van der Waals surface area contributed by atoms with E-state index in [-0.39, 0.29) is 41.2 Å². The van der Waals surface area contributed by atoms with Crippen LogP contribution in [0.25, 0.3) is 23.1 Å². The molecule has 1 unspecified atom stereocenters. The first-order chi connectivity index (χ1) is 18.7. The molecule has 3 aromatic carbocycles. The fourth-order valence-electron chi connectivity index (χ4n) is 4.37. The molecule has 0 fully saturated rings. The first-order valence-corrected chi connectivity index (χ1v) is 15.0. The molecule has 11 heteroatoms. The number of ether oxygens (including phenoxy) is 1. The summed E-state index contributed by atoms with van der Waals surface area (Å²) in [5, 5.41) is 0.367. The number of sulfonamides is 1. The molecule has 1 aliphatic rings. The van der Waals surface area contributed by atoms with Gasteiger partial charge in [0.15, 0.2) is 11.6 Å². The zero-order chi connectivity index (χ0) is 27.6. The minimum atomic E-state index is -3.61. The van der Waals surface area contributed by atoms with Gasteiger partial charge in [-0.25, -0.2) is 22.2 Å². The number of thioether (sulfide) groups is 1. The second-order valence-corrected chi connectivity index (χ2v) is 12.1. The summed E-state index contributed by atoms with van der Waals surface area (Å²) >= 11 is 1.54. The van der Waals surface area contributed by atoms with E-state index in [9.17, 15) is 22.0 Å². The van der Waals surface area contributed by atoms with Crippen molar-refractivity contribution in [3.05, 3.63) is 106 Å². The van der Waals surface area contributed by atoms with Gasteiger partial charge in [-0.05, 0) is 47.0 Å². The van der Waals surface area contributed by atoms with E-state index in [1.54, 1.807) is 18.2 Å². The number of aromatic nitrogens is 1. The van der Waals surface area contributed by atoms with Crippen LogP contribution in [0, 0.1) is 11.6 Å². The predicted molar refractivity (Wildman–Crippen MR) is 157 cm³/mol. The number of nitrogens with one attached hydrogen (secondary N) is 1. The molecule has 6 nitrogen and oxygen atoms in total. The molecule has 0 saturated heterocycles. The number of halogens is 2. The molecule has 2 heterocycles. The van der Waals surface area contributed by atoms with Crippen molar-refractivity contribution in [1.82, 2.24) is 9.71 Å². The van der Waals surface area contributed by atoms with Gasteiger partial charge in [-0.1, -0.05) is 42.5 Å². The number of amides is 1. The summed E-state index contributed by atoms with van der Waals surface area (Å²) in [6.45, 7) is 0.405. The number of hydrogen-bond acceptors (Lipinski definition) is 6. The van der Waals surface area contributed by atoms with Gasteiger partial charge in [0, 0.05) is 29.2 Å². The topological polar surface area (TPSA) is 85.4 Å². The van der Waals surface area contributed by atoms with Gasteiger partial charge in [-0.15, -0.1) is 11.8 Å². The van der Waals surface area contributed by atoms with Gasteiger partial charge in [0.25, 0.3) is 0 Å². The van der Waals surface area contributed by atoms with Crippen LogP contribution in [0.1, 0.15) is 39.6 Å². The number of pyridine rings is 1. The van der Waals surface area contributed by atoms with E-state index in [2.05, 4.69) is 4.98 Å². The van der Waals surface area contributed by atoms with Crippen molar-refractivity contribution >= 4 is 80.3 Å². The summed E-state index contributed by atoms with van der Waals surface area (Å²) in [6, 6.07) is 19.4. The fourth-order valence-corrected chi connectivity index (χ4v) is 6.19. The summed E-state index contributed by atoms with van der Waals surface area (Å²) in [5.41, 5.74) is 4.86. The van der Waals surface area contributed by atoms with E-state index in [0.29, 0.717) is 29.0 Å². The van der Waals surface area contributed by atoms with Crippen molar-refractivity contribution in [1.29, 1.82) is 0 Å². The molecule has 4 aromatic rings. The number of hydrogen-bond donors (Lipinski definition) is 1. The van der Waals surface area contributed by atoms with Crippen LogP contribution in [0.3, 0.4) is 0 Å². The van der Waals surface area contributed by atoms with E-state index in [1.165, 1.54) is 11.8 Å². The molecule has 0 saturated carbocycles. The Morgan fingerprint density at radius 3 is 2.62 bits per heavy atom. The molecule has 40 heavy (non-hydrogen) atoms. The number of nitrogens with zero attached hydrogens (tertiary/aromatic N) is 1. The molecule has 0 bridgehead atoms. The second-order valence-electron chi connectivity index (χ2n) is 9.11. The standard InChI is InChI=1S/C29H24F2N2O4S2.Na.H/c1-39(35,36)33-28(34)12-13-38-29-22-5-3-2-4-20(22)17-37-27-11-7-18(14-23(27)29)6-9-21-10-8-19-15-24(30)25(31)16-26(19)32-21;;/h2-11,14-16,29H,12-13,17H2,1H3,(H,33,34);;/b9-6+;;. The Morgan fingerprint density at radius 2 is 1.82 bits per heavy atom. The molecule has 1 amide bonds. The molecule has 1 atom stereocenters. The van der Waals surface area contributed by atoms with Crippen LogP contribution in [0.5, 0.6) is 5.75 Å². The molecule has 0 aliphatic carbocycles. The van der Waals surface area contributed by atoms with Crippen LogP contribution in [0.4, 0.5) is 8.78 Å². The normalized spacial score (nSPS) is 14.5. The van der Waals surface area contributed by atoms with Gasteiger partial charge in [0.1, 0.15) is 12.4 Å². The van der Waals surface area contributed by atoms with Crippen molar-refractivity contribution < 1.29 is 26.7 Å². The molecule has 202 valence electrons. The van der Waals surface area contributed by atoms with E-state index >= 15 is 0 Å². The number of carbonyl (C=O) groups is 1. The SMILES string of the molecule is CS(=O)(=O)NC(=O)CCSC1c2ccccc2COc2ccc(/C=C/c3ccc4cc(F)c(F)cc4n3)cc21.[NaH]. The molecule has 5 rings (SSSR count). The summed E-state index contributed by atoms with van der Waals surface area (Å²) in [6.07, 6.45) is 4.68. The summed E-state index contributed by atoms with van der Waals surface area (Å²) in [7, 11) is -3.61. The van der Waals surface area contributed by atoms with Crippen LogP contribution < -0.4 is 9.46 Å². The Balaban J connectivity index is 0.00000370. The third kappa shape index (κ3) is 7.30. The van der Waals surface area contributed by atoms with Crippen molar-refractivity contribution in [3.63, 3.8) is 0 Å². The van der Waals surface area contributed by atoms with Crippen molar-refractivity contribution in [3.8, 4) is 5.75 Å². The molecular formula is C29H25F2N2NaO4S2. The van der Waals surface area contributed by atoms with Crippen LogP contribution >= 0.6 is 11.8 Å². The van der Waals surface area contributed by atoms with Gasteiger partial charge in [-0.2, -0.15) is 0 Å².